The Morgan fingerprint density at radius 3 is 2.84 bits per heavy atom. The van der Waals surface area contributed by atoms with Crippen molar-refractivity contribution in [2.45, 2.75) is 13.5 Å². The number of aryl methyl sites for hydroxylation is 1. The summed E-state index contributed by atoms with van der Waals surface area (Å²) < 4.78 is 7.81. The molecular weight excluding hydrogens is 318 g/mol. The number of hydrogen-bond acceptors (Lipinski definition) is 4. The lowest BCUT2D eigenvalue weighted by molar-refractivity contribution is 0.0762. The SMILES string of the molecule is Cc1ccc2nc(COc3ccccc3C(=O)N(C)CCO)cn2c1. The van der Waals surface area contributed by atoms with E-state index in [2.05, 4.69) is 4.98 Å². The highest BCUT2D eigenvalue weighted by molar-refractivity contribution is 5.96. The summed E-state index contributed by atoms with van der Waals surface area (Å²) >= 11 is 0. The Hall–Kier alpha value is -2.86. The molecular formula is C19H21N3O3. The molecule has 1 N–H and O–H groups in total. The van der Waals surface area contributed by atoms with Crippen LogP contribution in [0.4, 0.5) is 0 Å². The number of aliphatic hydroxyl groups excluding tert-OH is 1. The lowest BCUT2D eigenvalue weighted by Gasteiger charge is -2.17. The minimum absolute atomic E-state index is 0.0775. The lowest BCUT2D eigenvalue weighted by Crippen LogP contribution is -2.29. The summed E-state index contributed by atoms with van der Waals surface area (Å²) in [6, 6.07) is 11.1. The van der Waals surface area contributed by atoms with E-state index in [4.69, 9.17) is 9.84 Å². The van der Waals surface area contributed by atoms with Gasteiger partial charge in [-0.05, 0) is 30.7 Å². The van der Waals surface area contributed by atoms with Gasteiger partial charge in [-0.2, -0.15) is 0 Å². The summed E-state index contributed by atoms with van der Waals surface area (Å²) in [5.74, 6) is 0.320. The van der Waals surface area contributed by atoms with Crippen LogP contribution in [0.15, 0.2) is 48.8 Å². The molecule has 0 saturated carbocycles. The monoisotopic (exact) mass is 339 g/mol. The fraction of sp³-hybridized carbons (Fsp3) is 0.263. The van der Waals surface area contributed by atoms with E-state index >= 15 is 0 Å². The highest BCUT2D eigenvalue weighted by Gasteiger charge is 2.16. The number of likely N-dealkylation sites (N-methyl/N-ethyl adjacent to an activating group) is 1. The molecule has 0 atom stereocenters. The zero-order chi connectivity index (χ0) is 17.8. The Balaban J connectivity index is 1.77. The summed E-state index contributed by atoms with van der Waals surface area (Å²) in [5.41, 5.74) is 3.27. The summed E-state index contributed by atoms with van der Waals surface area (Å²) in [4.78, 5) is 18.4. The Morgan fingerprint density at radius 2 is 2.04 bits per heavy atom. The van der Waals surface area contributed by atoms with Crippen molar-refractivity contribution >= 4 is 11.6 Å². The number of aliphatic hydroxyl groups is 1. The first-order valence-corrected chi connectivity index (χ1v) is 8.11. The highest BCUT2D eigenvalue weighted by Crippen LogP contribution is 2.21. The summed E-state index contributed by atoms with van der Waals surface area (Å²) in [7, 11) is 1.65. The van der Waals surface area contributed by atoms with Crippen LogP contribution < -0.4 is 4.74 Å². The van der Waals surface area contributed by atoms with E-state index in [1.807, 2.05) is 41.9 Å². The molecule has 0 bridgehead atoms. The molecule has 1 aromatic carbocycles. The van der Waals surface area contributed by atoms with Crippen molar-refractivity contribution in [3.05, 3.63) is 65.6 Å². The topological polar surface area (TPSA) is 67.1 Å². The summed E-state index contributed by atoms with van der Waals surface area (Å²) in [5, 5.41) is 9.01. The average molecular weight is 339 g/mol. The van der Waals surface area contributed by atoms with Gasteiger partial charge in [0.25, 0.3) is 5.91 Å². The lowest BCUT2D eigenvalue weighted by atomic mass is 10.2. The zero-order valence-corrected chi connectivity index (χ0v) is 14.3. The van der Waals surface area contributed by atoms with Crippen LogP contribution in [-0.4, -0.2) is 45.5 Å². The fourth-order valence-electron chi connectivity index (χ4n) is 2.60. The van der Waals surface area contributed by atoms with Crippen molar-refractivity contribution in [3.63, 3.8) is 0 Å². The van der Waals surface area contributed by atoms with Crippen LogP contribution in [0.2, 0.25) is 0 Å². The van der Waals surface area contributed by atoms with Crippen LogP contribution in [0, 0.1) is 6.92 Å². The number of aromatic nitrogens is 2. The number of rotatable bonds is 6. The second kappa shape index (κ2) is 7.36. The zero-order valence-electron chi connectivity index (χ0n) is 14.3. The quantitative estimate of drug-likeness (QED) is 0.748. The third-order valence-corrected chi connectivity index (χ3v) is 3.92. The minimum Gasteiger partial charge on any atom is -0.486 e. The van der Waals surface area contributed by atoms with E-state index < -0.39 is 0 Å². The largest absolute Gasteiger partial charge is 0.486 e. The number of imidazole rings is 1. The number of carbonyl (C=O) groups is 1. The standard InChI is InChI=1S/C19H21N3O3/c1-14-7-8-18-20-15(12-22(18)11-14)13-25-17-6-4-3-5-16(17)19(24)21(2)9-10-23/h3-8,11-12,23H,9-10,13H2,1-2H3. The predicted molar refractivity (Wildman–Crippen MR) is 94.7 cm³/mol. The molecule has 0 saturated heterocycles. The van der Waals surface area contributed by atoms with Gasteiger partial charge in [0.1, 0.15) is 18.0 Å². The van der Waals surface area contributed by atoms with Crippen molar-refractivity contribution in [1.29, 1.82) is 0 Å². The van der Waals surface area contributed by atoms with Crippen molar-refractivity contribution in [2.24, 2.45) is 0 Å². The molecule has 25 heavy (non-hydrogen) atoms. The molecule has 130 valence electrons. The number of pyridine rings is 1. The van der Waals surface area contributed by atoms with E-state index in [0.29, 0.717) is 11.3 Å². The van der Waals surface area contributed by atoms with Crippen LogP contribution in [-0.2, 0) is 6.61 Å². The molecule has 6 heteroatoms. The van der Waals surface area contributed by atoms with Gasteiger partial charge >= 0.3 is 0 Å². The molecule has 0 spiro atoms. The van der Waals surface area contributed by atoms with Crippen LogP contribution in [0.5, 0.6) is 5.75 Å². The number of amides is 1. The molecule has 0 radical (unpaired) electrons. The van der Waals surface area contributed by atoms with Crippen molar-refractivity contribution in [2.75, 3.05) is 20.2 Å². The molecule has 2 heterocycles. The molecule has 0 fully saturated rings. The van der Waals surface area contributed by atoms with E-state index in [-0.39, 0.29) is 25.7 Å². The Labute approximate surface area is 146 Å². The summed E-state index contributed by atoms with van der Waals surface area (Å²) in [6.45, 7) is 2.50. The van der Waals surface area contributed by atoms with E-state index in [0.717, 1.165) is 16.9 Å². The van der Waals surface area contributed by atoms with Gasteiger partial charge in [-0.15, -0.1) is 0 Å². The molecule has 0 unspecified atom stereocenters. The molecule has 3 rings (SSSR count). The summed E-state index contributed by atoms with van der Waals surface area (Å²) in [6.07, 6.45) is 3.93. The first-order valence-electron chi connectivity index (χ1n) is 8.11. The smallest absolute Gasteiger partial charge is 0.257 e. The van der Waals surface area contributed by atoms with Crippen LogP contribution in [0.1, 0.15) is 21.6 Å². The van der Waals surface area contributed by atoms with E-state index in [1.165, 1.54) is 4.90 Å². The fourth-order valence-corrected chi connectivity index (χ4v) is 2.60. The third kappa shape index (κ3) is 3.80. The number of fused-ring (bicyclic) bond motifs is 1. The molecule has 0 aliphatic heterocycles. The maximum absolute atomic E-state index is 12.5. The van der Waals surface area contributed by atoms with Crippen LogP contribution >= 0.6 is 0 Å². The number of hydrogen-bond donors (Lipinski definition) is 1. The van der Waals surface area contributed by atoms with E-state index in [9.17, 15) is 4.79 Å². The van der Waals surface area contributed by atoms with Gasteiger partial charge in [-0.1, -0.05) is 18.2 Å². The minimum atomic E-state index is -0.185. The molecule has 3 aromatic rings. The van der Waals surface area contributed by atoms with Crippen LogP contribution in [0.25, 0.3) is 5.65 Å². The Morgan fingerprint density at radius 1 is 1.24 bits per heavy atom. The van der Waals surface area contributed by atoms with E-state index in [1.54, 1.807) is 25.2 Å². The number of nitrogens with zero attached hydrogens (tertiary/aromatic N) is 3. The first kappa shape index (κ1) is 17.0. The van der Waals surface area contributed by atoms with Gasteiger partial charge in [-0.25, -0.2) is 4.98 Å². The molecule has 2 aromatic heterocycles. The van der Waals surface area contributed by atoms with Gasteiger partial charge in [-0.3, -0.25) is 4.79 Å². The van der Waals surface area contributed by atoms with Crippen molar-refractivity contribution in [3.8, 4) is 5.75 Å². The van der Waals surface area contributed by atoms with Gasteiger partial charge in [0.2, 0.25) is 0 Å². The first-order chi connectivity index (χ1) is 12.1. The van der Waals surface area contributed by atoms with Gasteiger partial charge in [0.05, 0.1) is 17.9 Å². The number of para-hydroxylation sites is 1. The number of carbonyl (C=O) groups excluding carboxylic acids is 1. The Kier molecular flexibility index (Phi) is 5.00. The molecule has 0 aliphatic rings. The molecule has 1 amide bonds. The molecule has 0 aliphatic carbocycles. The third-order valence-electron chi connectivity index (χ3n) is 3.92. The Bertz CT molecular complexity index is 889. The predicted octanol–water partition coefficient (Wildman–Crippen LogP) is 2.29. The number of benzene rings is 1. The maximum atomic E-state index is 12.5. The normalized spacial score (nSPS) is 10.8. The average Bonchev–Trinajstić information content (AvgIpc) is 3.01. The van der Waals surface area contributed by atoms with Crippen LogP contribution in [0.3, 0.4) is 0 Å². The second-order valence-corrected chi connectivity index (χ2v) is 5.94. The van der Waals surface area contributed by atoms with Gasteiger partial charge in [0.15, 0.2) is 0 Å². The molecule has 6 nitrogen and oxygen atoms in total. The van der Waals surface area contributed by atoms with Crippen molar-refractivity contribution in [1.82, 2.24) is 14.3 Å². The van der Waals surface area contributed by atoms with Crippen molar-refractivity contribution < 1.29 is 14.6 Å². The highest BCUT2D eigenvalue weighted by atomic mass is 16.5. The maximum Gasteiger partial charge on any atom is 0.257 e. The van der Waals surface area contributed by atoms with Gasteiger partial charge in [0, 0.05) is 26.0 Å². The number of ether oxygens (including phenoxy) is 1. The second-order valence-electron chi connectivity index (χ2n) is 5.94. The van der Waals surface area contributed by atoms with Gasteiger partial charge < -0.3 is 19.1 Å².